The molecule has 21 heavy (non-hydrogen) atoms. The maximum Gasteiger partial charge on any atom is 0.243 e. The molecule has 1 rings (SSSR count). The summed E-state index contributed by atoms with van der Waals surface area (Å²) in [7, 11) is 0. The van der Waals surface area contributed by atoms with Gasteiger partial charge < -0.3 is 4.74 Å². The number of halogens is 1. The quantitative estimate of drug-likeness (QED) is 0.480. The largest absolute Gasteiger partial charge is 0.358 e. The minimum atomic E-state index is -0.0405. The molecule has 0 fully saturated rings. The zero-order valence-corrected chi connectivity index (χ0v) is 14.7. The summed E-state index contributed by atoms with van der Waals surface area (Å²) in [4.78, 5) is 14.1. The zero-order chi connectivity index (χ0) is 15.8. The molecule has 0 aromatic carbocycles. The van der Waals surface area contributed by atoms with Gasteiger partial charge in [-0.3, -0.25) is 9.69 Å². The molecule has 4 heteroatoms. The van der Waals surface area contributed by atoms with Gasteiger partial charge in [0.25, 0.3) is 0 Å². The molecule has 3 nitrogen and oxygen atoms in total. The Morgan fingerprint density at radius 3 is 2.67 bits per heavy atom. The molecule has 0 aliphatic heterocycles. The Kier molecular flexibility index (Phi) is 8.35. The van der Waals surface area contributed by atoms with E-state index in [2.05, 4.69) is 20.8 Å². The van der Waals surface area contributed by atoms with Crippen molar-refractivity contribution in [2.24, 2.45) is 5.92 Å². The van der Waals surface area contributed by atoms with Crippen molar-refractivity contribution in [1.82, 2.24) is 4.90 Å². The van der Waals surface area contributed by atoms with Gasteiger partial charge in [-0.2, -0.15) is 0 Å². The van der Waals surface area contributed by atoms with Crippen LogP contribution in [0.15, 0.2) is 11.3 Å². The van der Waals surface area contributed by atoms with Crippen LogP contribution in [0.3, 0.4) is 0 Å². The Hall–Kier alpha value is -0.540. The van der Waals surface area contributed by atoms with Crippen LogP contribution in [-0.4, -0.2) is 29.5 Å². The van der Waals surface area contributed by atoms with E-state index in [4.69, 9.17) is 16.3 Å². The number of nitrogens with zero attached hydrogens (tertiary/aromatic N) is 1. The summed E-state index contributed by atoms with van der Waals surface area (Å²) < 4.78 is 5.83. The molecule has 0 bridgehead atoms. The smallest absolute Gasteiger partial charge is 0.243 e. The molecule has 0 N–H and O–H groups in total. The second kappa shape index (κ2) is 9.47. The maximum atomic E-state index is 12.3. The third kappa shape index (κ3) is 5.00. The molecule has 1 aliphatic rings. The molecule has 1 amide bonds. The molecule has 0 aromatic rings. The molecule has 0 saturated heterocycles. The third-order valence-corrected chi connectivity index (χ3v) is 4.70. The fraction of sp³-hybridized carbons (Fsp3) is 0.824. The molecule has 0 heterocycles. The highest BCUT2D eigenvalue weighted by Gasteiger charge is 2.29. The van der Waals surface area contributed by atoms with Crippen molar-refractivity contribution in [1.29, 1.82) is 0 Å². The van der Waals surface area contributed by atoms with Crippen molar-refractivity contribution in [2.75, 3.05) is 12.6 Å². The van der Waals surface area contributed by atoms with Gasteiger partial charge in [0, 0.05) is 5.70 Å². The number of carbonyl (C=O) groups is 1. The van der Waals surface area contributed by atoms with Crippen LogP contribution in [0, 0.1) is 5.92 Å². The van der Waals surface area contributed by atoms with E-state index in [0.29, 0.717) is 12.6 Å². The average molecular weight is 316 g/mol. The van der Waals surface area contributed by atoms with Gasteiger partial charge in [-0.1, -0.05) is 26.3 Å². The molecule has 2 unspecified atom stereocenters. The van der Waals surface area contributed by atoms with E-state index >= 15 is 0 Å². The molecule has 1 aliphatic carbocycles. The summed E-state index contributed by atoms with van der Waals surface area (Å²) in [6.07, 6.45) is 6.64. The average Bonchev–Trinajstić information content (AvgIpc) is 2.53. The monoisotopic (exact) mass is 315 g/mol. The second-order valence-corrected chi connectivity index (χ2v) is 6.08. The first-order valence-corrected chi connectivity index (χ1v) is 8.82. The normalized spacial score (nSPS) is 20.5. The van der Waals surface area contributed by atoms with E-state index in [0.717, 1.165) is 32.1 Å². The van der Waals surface area contributed by atoms with Crippen LogP contribution in [0.4, 0.5) is 0 Å². The predicted octanol–water partition coefficient (Wildman–Crippen LogP) is 4.70. The van der Waals surface area contributed by atoms with Crippen molar-refractivity contribution in [3.63, 3.8) is 0 Å². The summed E-state index contributed by atoms with van der Waals surface area (Å²) in [6, 6.07) is 0. The molecular weight excluding hydrogens is 286 g/mol. The van der Waals surface area contributed by atoms with Crippen LogP contribution in [-0.2, 0) is 9.53 Å². The summed E-state index contributed by atoms with van der Waals surface area (Å²) in [6.45, 7) is 8.82. The fourth-order valence-electron chi connectivity index (χ4n) is 2.95. The second-order valence-electron chi connectivity index (χ2n) is 5.81. The lowest BCUT2D eigenvalue weighted by atomic mass is 9.83. The van der Waals surface area contributed by atoms with Gasteiger partial charge in [0.05, 0.1) is 6.10 Å². The minimum absolute atomic E-state index is 0.0147. The highest BCUT2D eigenvalue weighted by atomic mass is 35.5. The number of hydrogen-bond acceptors (Lipinski definition) is 2. The highest BCUT2D eigenvalue weighted by molar-refractivity contribution is 6.27. The van der Waals surface area contributed by atoms with Gasteiger partial charge in [0.2, 0.25) is 5.91 Å². The zero-order valence-electron chi connectivity index (χ0n) is 14.0. The third-order valence-electron chi connectivity index (χ3n) is 4.47. The Bertz CT molecular complexity index is 368. The Balaban J connectivity index is 3.02. The summed E-state index contributed by atoms with van der Waals surface area (Å²) in [5.74, 6) is 0.434. The van der Waals surface area contributed by atoms with Crippen LogP contribution < -0.4 is 0 Å². The molecule has 0 saturated carbocycles. The summed E-state index contributed by atoms with van der Waals surface area (Å²) in [5.41, 5.74) is 2.60. The van der Waals surface area contributed by atoms with Crippen LogP contribution in [0.25, 0.3) is 0 Å². The Labute approximate surface area is 134 Å². The van der Waals surface area contributed by atoms with Crippen molar-refractivity contribution < 1.29 is 9.53 Å². The molecule has 0 radical (unpaired) electrons. The van der Waals surface area contributed by atoms with E-state index < -0.39 is 0 Å². The van der Waals surface area contributed by atoms with Gasteiger partial charge in [0.1, 0.15) is 12.6 Å². The molecule has 122 valence electrons. The molecule has 2 atom stereocenters. The first kappa shape index (κ1) is 18.5. The number of amides is 1. The number of alkyl halides is 1. The molecule has 0 spiro atoms. The Morgan fingerprint density at radius 2 is 2.14 bits per heavy atom. The van der Waals surface area contributed by atoms with E-state index in [1.807, 2.05) is 11.8 Å². The van der Waals surface area contributed by atoms with Crippen LogP contribution in [0.2, 0.25) is 0 Å². The lowest BCUT2D eigenvalue weighted by molar-refractivity contribution is -0.133. The summed E-state index contributed by atoms with van der Waals surface area (Å²) >= 11 is 5.83. The van der Waals surface area contributed by atoms with Crippen LogP contribution in [0.5, 0.6) is 0 Å². The molecular formula is C17H30ClNO2. The lowest BCUT2D eigenvalue weighted by Gasteiger charge is -2.36. The van der Waals surface area contributed by atoms with Crippen molar-refractivity contribution in [3.05, 3.63) is 11.3 Å². The Morgan fingerprint density at radius 1 is 1.43 bits per heavy atom. The van der Waals surface area contributed by atoms with Gasteiger partial charge in [-0.15, -0.1) is 11.6 Å². The van der Waals surface area contributed by atoms with Gasteiger partial charge in [-0.25, -0.2) is 0 Å². The topological polar surface area (TPSA) is 29.5 Å². The number of hydrogen-bond donors (Lipinski definition) is 0. The van der Waals surface area contributed by atoms with Gasteiger partial charge in [0.15, 0.2) is 0 Å². The fourth-order valence-corrected chi connectivity index (χ4v) is 3.09. The lowest BCUT2D eigenvalue weighted by Crippen LogP contribution is -2.39. The maximum absolute atomic E-state index is 12.3. The van der Waals surface area contributed by atoms with Crippen molar-refractivity contribution in [3.8, 4) is 0 Å². The van der Waals surface area contributed by atoms with E-state index in [1.54, 1.807) is 0 Å². The first-order chi connectivity index (χ1) is 10.1. The van der Waals surface area contributed by atoms with E-state index in [-0.39, 0.29) is 17.9 Å². The highest BCUT2D eigenvalue weighted by Crippen LogP contribution is 2.36. The van der Waals surface area contributed by atoms with Crippen molar-refractivity contribution >= 4 is 17.5 Å². The van der Waals surface area contributed by atoms with E-state index in [1.165, 1.54) is 17.7 Å². The standard InChI is InChI=1S/C17H30ClNO2/c1-5-13(4)21-12-19(16(20)11-18)17-14(6-2)9-8-10-15(17)7-3/h13-14H,5-12H2,1-4H3. The van der Waals surface area contributed by atoms with Crippen LogP contribution >= 0.6 is 11.6 Å². The minimum Gasteiger partial charge on any atom is -0.358 e. The van der Waals surface area contributed by atoms with Gasteiger partial charge in [-0.05, 0) is 51.4 Å². The first-order valence-electron chi connectivity index (χ1n) is 8.28. The van der Waals surface area contributed by atoms with Crippen molar-refractivity contribution in [2.45, 2.75) is 72.3 Å². The van der Waals surface area contributed by atoms with Crippen LogP contribution in [0.1, 0.15) is 66.2 Å². The van der Waals surface area contributed by atoms with E-state index in [9.17, 15) is 4.79 Å². The molecule has 0 aromatic heterocycles. The van der Waals surface area contributed by atoms with Gasteiger partial charge >= 0.3 is 0 Å². The predicted molar refractivity (Wildman–Crippen MR) is 88.2 cm³/mol. The SMILES string of the molecule is CCC1=C(N(COC(C)CC)C(=O)CCl)C(CC)CCC1. The number of allylic oxidation sites excluding steroid dienone is 2. The number of carbonyl (C=O) groups excluding carboxylic acids is 1. The number of ether oxygens (including phenoxy) is 1. The number of rotatable bonds is 8. The summed E-state index contributed by atoms with van der Waals surface area (Å²) in [5, 5.41) is 0.